The molecule has 0 bridgehead atoms. The van der Waals surface area contributed by atoms with E-state index in [-0.39, 0.29) is 11.7 Å². The summed E-state index contributed by atoms with van der Waals surface area (Å²) in [6, 6.07) is 5.38. The topological polar surface area (TPSA) is 89.3 Å². The summed E-state index contributed by atoms with van der Waals surface area (Å²) in [6.45, 7) is 3.62. The molecule has 5 nitrogen and oxygen atoms in total. The first kappa shape index (κ1) is 15.8. The summed E-state index contributed by atoms with van der Waals surface area (Å²) in [5.74, 6) is -0.426. The SMILES string of the molecule is Cc1ccc2sc(C(=O)NC(C)CS(C)(=O)=O)c(N)c2c1. The van der Waals surface area contributed by atoms with Crippen LogP contribution in [0, 0.1) is 6.92 Å². The van der Waals surface area contributed by atoms with E-state index in [1.165, 1.54) is 11.3 Å². The lowest BCUT2D eigenvalue weighted by Crippen LogP contribution is -2.37. The van der Waals surface area contributed by atoms with Crippen LogP contribution in [0.15, 0.2) is 18.2 Å². The van der Waals surface area contributed by atoms with Crippen LogP contribution in [0.2, 0.25) is 0 Å². The minimum Gasteiger partial charge on any atom is -0.397 e. The van der Waals surface area contributed by atoms with Crippen molar-refractivity contribution >= 4 is 42.9 Å². The van der Waals surface area contributed by atoms with Crippen LogP contribution < -0.4 is 11.1 Å². The number of carbonyl (C=O) groups is 1. The van der Waals surface area contributed by atoms with Crippen molar-refractivity contribution in [3.05, 3.63) is 28.6 Å². The van der Waals surface area contributed by atoms with Crippen LogP contribution in [0.4, 0.5) is 5.69 Å². The Kier molecular flexibility index (Phi) is 4.25. The maximum Gasteiger partial charge on any atom is 0.263 e. The number of rotatable bonds is 4. The Labute approximate surface area is 128 Å². The highest BCUT2D eigenvalue weighted by Crippen LogP contribution is 2.34. The number of anilines is 1. The Morgan fingerprint density at radius 2 is 2.10 bits per heavy atom. The van der Waals surface area contributed by atoms with Crippen LogP contribution >= 0.6 is 11.3 Å². The molecule has 1 aromatic heterocycles. The van der Waals surface area contributed by atoms with Gasteiger partial charge in [0.2, 0.25) is 0 Å². The summed E-state index contributed by atoms with van der Waals surface area (Å²) >= 11 is 1.31. The number of nitrogens with two attached hydrogens (primary N) is 1. The number of nitrogens with one attached hydrogen (secondary N) is 1. The molecule has 1 atom stereocenters. The summed E-state index contributed by atoms with van der Waals surface area (Å²) in [5.41, 5.74) is 7.56. The summed E-state index contributed by atoms with van der Waals surface area (Å²) in [4.78, 5) is 12.7. The van der Waals surface area contributed by atoms with Gasteiger partial charge in [0, 0.05) is 22.4 Å². The van der Waals surface area contributed by atoms with Crippen molar-refractivity contribution in [3.63, 3.8) is 0 Å². The van der Waals surface area contributed by atoms with Crippen molar-refractivity contribution in [1.82, 2.24) is 5.32 Å². The van der Waals surface area contributed by atoms with E-state index in [0.717, 1.165) is 21.9 Å². The highest BCUT2D eigenvalue weighted by molar-refractivity contribution is 7.90. The van der Waals surface area contributed by atoms with Gasteiger partial charge in [-0.3, -0.25) is 4.79 Å². The van der Waals surface area contributed by atoms with Crippen molar-refractivity contribution < 1.29 is 13.2 Å². The Balaban J connectivity index is 2.26. The zero-order valence-electron chi connectivity index (χ0n) is 12.1. The summed E-state index contributed by atoms with van der Waals surface area (Å²) in [6.07, 6.45) is 1.15. The average molecular weight is 326 g/mol. The third-order valence-electron chi connectivity index (χ3n) is 3.02. The number of hydrogen-bond acceptors (Lipinski definition) is 5. The minimum absolute atomic E-state index is 0.0946. The predicted molar refractivity (Wildman–Crippen MR) is 87.6 cm³/mol. The maximum absolute atomic E-state index is 12.2. The molecule has 0 aliphatic carbocycles. The Morgan fingerprint density at radius 3 is 2.71 bits per heavy atom. The lowest BCUT2D eigenvalue weighted by atomic mass is 10.1. The average Bonchev–Trinajstić information content (AvgIpc) is 2.64. The molecule has 0 saturated carbocycles. The second kappa shape index (κ2) is 5.65. The van der Waals surface area contributed by atoms with Gasteiger partial charge in [-0.25, -0.2) is 8.42 Å². The molecule has 0 saturated heterocycles. The fourth-order valence-corrected chi connectivity index (χ4v) is 4.18. The molecule has 1 heterocycles. The molecule has 1 amide bonds. The number of carbonyl (C=O) groups excluding carboxylic acids is 1. The van der Waals surface area contributed by atoms with Crippen LogP contribution in [0.3, 0.4) is 0 Å². The Hall–Kier alpha value is -1.60. The van der Waals surface area contributed by atoms with Crippen LogP contribution in [-0.4, -0.2) is 32.4 Å². The molecule has 1 unspecified atom stereocenters. The molecular weight excluding hydrogens is 308 g/mol. The Bertz CT molecular complexity index is 794. The van der Waals surface area contributed by atoms with Gasteiger partial charge in [-0.1, -0.05) is 11.6 Å². The molecule has 114 valence electrons. The van der Waals surface area contributed by atoms with Gasteiger partial charge in [-0.05, 0) is 26.0 Å². The van der Waals surface area contributed by atoms with E-state index < -0.39 is 15.9 Å². The number of benzene rings is 1. The van der Waals surface area contributed by atoms with Gasteiger partial charge < -0.3 is 11.1 Å². The molecule has 0 aliphatic rings. The number of fused-ring (bicyclic) bond motifs is 1. The van der Waals surface area contributed by atoms with Crippen molar-refractivity contribution in [1.29, 1.82) is 0 Å². The van der Waals surface area contributed by atoms with E-state index in [2.05, 4.69) is 5.32 Å². The molecule has 1 aromatic carbocycles. The highest BCUT2D eigenvalue weighted by atomic mass is 32.2. The molecule has 7 heteroatoms. The highest BCUT2D eigenvalue weighted by Gasteiger charge is 2.19. The smallest absolute Gasteiger partial charge is 0.263 e. The van der Waals surface area contributed by atoms with Crippen molar-refractivity contribution in [3.8, 4) is 0 Å². The Morgan fingerprint density at radius 1 is 1.43 bits per heavy atom. The van der Waals surface area contributed by atoms with E-state index >= 15 is 0 Å². The first-order valence-corrected chi connectivity index (χ1v) is 9.32. The van der Waals surface area contributed by atoms with Crippen molar-refractivity contribution in [2.45, 2.75) is 19.9 Å². The van der Waals surface area contributed by atoms with Crippen LogP contribution in [0.1, 0.15) is 22.2 Å². The molecule has 3 N–H and O–H groups in total. The van der Waals surface area contributed by atoms with Crippen LogP contribution in [0.5, 0.6) is 0 Å². The van der Waals surface area contributed by atoms with Gasteiger partial charge in [-0.15, -0.1) is 11.3 Å². The summed E-state index contributed by atoms with van der Waals surface area (Å²) in [5, 5.41) is 3.54. The number of hydrogen-bond donors (Lipinski definition) is 2. The van der Waals surface area contributed by atoms with E-state index in [4.69, 9.17) is 5.73 Å². The fourth-order valence-electron chi connectivity index (χ4n) is 2.18. The summed E-state index contributed by atoms with van der Waals surface area (Å²) < 4.78 is 23.4. The monoisotopic (exact) mass is 326 g/mol. The van der Waals surface area contributed by atoms with Crippen LogP contribution in [0.25, 0.3) is 10.1 Å². The molecule has 0 spiro atoms. The third-order valence-corrected chi connectivity index (χ3v) is 5.31. The molecular formula is C14H18N2O3S2. The first-order valence-electron chi connectivity index (χ1n) is 6.44. The van der Waals surface area contributed by atoms with E-state index in [9.17, 15) is 13.2 Å². The van der Waals surface area contributed by atoms with E-state index in [0.29, 0.717) is 10.6 Å². The van der Waals surface area contributed by atoms with Crippen molar-refractivity contribution in [2.24, 2.45) is 0 Å². The largest absolute Gasteiger partial charge is 0.397 e. The van der Waals surface area contributed by atoms with Gasteiger partial charge in [0.05, 0.1) is 11.4 Å². The van der Waals surface area contributed by atoms with E-state index in [1.54, 1.807) is 6.92 Å². The third kappa shape index (κ3) is 3.74. The number of amides is 1. The van der Waals surface area contributed by atoms with E-state index in [1.807, 2.05) is 25.1 Å². The molecule has 2 aromatic rings. The predicted octanol–water partition coefficient (Wildman–Crippen LogP) is 1.95. The second-order valence-electron chi connectivity index (χ2n) is 5.31. The van der Waals surface area contributed by atoms with Crippen LogP contribution in [-0.2, 0) is 9.84 Å². The molecule has 2 rings (SSSR count). The van der Waals surface area contributed by atoms with Crippen molar-refractivity contribution in [2.75, 3.05) is 17.7 Å². The molecule has 0 aliphatic heterocycles. The minimum atomic E-state index is -3.13. The first-order chi connectivity index (χ1) is 9.67. The van der Waals surface area contributed by atoms with Gasteiger partial charge in [0.15, 0.2) is 0 Å². The van der Waals surface area contributed by atoms with Gasteiger partial charge in [0.1, 0.15) is 14.7 Å². The number of aryl methyl sites for hydroxylation is 1. The summed E-state index contributed by atoms with van der Waals surface area (Å²) in [7, 11) is -3.13. The van der Waals surface area contributed by atoms with Gasteiger partial charge in [-0.2, -0.15) is 0 Å². The molecule has 0 radical (unpaired) electrons. The second-order valence-corrected chi connectivity index (χ2v) is 8.55. The number of sulfone groups is 1. The lowest BCUT2D eigenvalue weighted by Gasteiger charge is -2.12. The fraction of sp³-hybridized carbons (Fsp3) is 0.357. The zero-order valence-corrected chi connectivity index (χ0v) is 13.8. The van der Waals surface area contributed by atoms with Gasteiger partial charge in [0.25, 0.3) is 5.91 Å². The quantitative estimate of drug-likeness (QED) is 0.899. The molecule has 0 fully saturated rings. The normalized spacial score (nSPS) is 13.3. The van der Waals surface area contributed by atoms with Gasteiger partial charge >= 0.3 is 0 Å². The standard InChI is InChI=1S/C14H18N2O3S2/c1-8-4-5-11-10(6-8)12(15)13(20-11)14(17)16-9(2)7-21(3,18)19/h4-6,9H,7,15H2,1-3H3,(H,16,17). The zero-order chi connectivity index (χ0) is 15.8. The lowest BCUT2D eigenvalue weighted by molar-refractivity contribution is 0.0948. The number of thiophene rings is 1. The molecule has 21 heavy (non-hydrogen) atoms. The number of nitrogen functional groups attached to an aromatic ring is 1. The maximum atomic E-state index is 12.2.